The molecule has 0 aromatic carbocycles. The summed E-state index contributed by atoms with van der Waals surface area (Å²) in [7, 11) is 0. The number of urea groups is 1. The second-order valence-electron chi connectivity index (χ2n) is 7.48. The molecule has 2 fully saturated rings. The molecule has 0 spiro atoms. The molecule has 1 aliphatic heterocycles. The van der Waals surface area contributed by atoms with E-state index in [0.29, 0.717) is 5.92 Å². The molecule has 2 amide bonds. The average Bonchev–Trinajstić information content (AvgIpc) is 2.52. The Balaban J connectivity index is 1.59. The van der Waals surface area contributed by atoms with Crippen molar-refractivity contribution in [3.8, 4) is 0 Å². The van der Waals surface area contributed by atoms with Crippen LogP contribution in [0.1, 0.15) is 50.4 Å². The second-order valence-corrected chi connectivity index (χ2v) is 7.48. The maximum atomic E-state index is 12.7. The first-order chi connectivity index (χ1) is 11.6. The van der Waals surface area contributed by atoms with Gasteiger partial charge in [-0.1, -0.05) is 26.3 Å². The Hall–Kier alpha value is -1.62. The number of carbonyl (C=O) groups excluding carboxylic acids is 1. The summed E-state index contributed by atoms with van der Waals surface area (Å²) in [5, 5.41) is 3.22. The van der Waals surface area contributed by atoms with Gasteiger partial charge in [-0.25, -0.2) is 4.79 Å². The molecule has 2 aliphatic rings. The Labute approximate surface area is 145 Å². The summed E-state index contributed by atoms with van der Waals surface area (Å²) in [6.45, 7) is 9.99. The van der Waals surface area contributed by atoms with Gasteiger partial charge < -0.3 is 10.2 Å². The zero-order valence-electron chi connectivity index (χ0n) is 15.2. The molecule has 0 bridgehead atoms. The lowest BCUT2D eigenvalue weighted by Crippen LogP contribution is -2.56. The van der Waals surface area contributed by atoms with E-state index >= 15 is 0 Å². The van der Waals surface area contributed by atoms with Crippen LogP contribution in [0.5, 0.6) is 0 Å². The monoisotopic (exact) mass is 330 g/mol. The number of rotatable bonds is 4. The summed E-state index contributed by atoms with van der Waals surface area (Å²) < 4.78 is 0. The zero-order chi connectivity index (χ0) is 17.1. The van der Waals surface area contributed by atoms with Gasteiger partial charge in [0.05, 0.1) is 11.7 Å². The van der Waals surface area contributed by atoms with E-state index in [1.54, 1.807) is 6.20 Å². The third-order valence-corrected chi connectivity index (χ3v) is 5.48. The number of nitrogens with one attached hydrogen (secondary N) is 1. The number of aromatic nitrogens is 1. The molecular weight excluding hydrogens is 300 g/mol. The first-order valence-corrected chi connectivity index (χ1v) is 9.27. The molecule has 1 N–H and O–H groups in total. The molecule has 24 heavy (non-hydrogen) atoms. The van der Waals surface area contributed by atoms with E-state index < -0.39 is 0 Å². The fourth-order valence-corrected chi connectivity index (χ4v) is 3.64. The van der Waals surface area contributed by atoms with Crippen LogP contribution >= 0.6 is 0 Å². The molecule has 3 rings (SSSR count). The summed E-state index contributed by atoms with van der Waals surface area (Å²) in [4.78, 5) is 21.7. The van der Waals surface area contributed by atoms with Crippen LogP contribution in [0.25, 0.3) is 0 Å². The van der Waals surface area contributed by atoms with E-state index in [9.17, 15) is 4.79 Å². The number of nitrogens with zero attached hydrogens (tertiary/aromatic N) is 3. The number of pyridine rings is 1. The molecular formula is C19H30N4O. The minimum atomic E-state index is -0.0386. The lowest BCUT2D eigenvalue weighted by molar-refractivity contribution is 0.0718. The molecule has 0 radical (unpaired) electrons. The highest BCUT2D eigenvalue weighted by Gasteiger charge is 2.30. The maximum absolute atomic E-state index is 12.7. The highest BCUT2D eigenvalue weighted by molar-refractivity contribution is 5.75. The summed E-state index contributed by atoms with van der Waals surface area (Å²) in [6.07, 6.45) is 5.84. The largest absolute Gasteiger partial charge is 0.329 e. The molecule has 2 heterocycles. The van der Waals surface area contributed by atoms with Crippen molar-refractivity contribution in [2.75, 3.05) is 26.2 Å². The predicted molar refractivity (Wildman–Crippen MR) is 95.9 cm³/mol. The fourth-order valence-electron chi connectivity index (χ4n) is 3.64. The van der Waals surface area contributed by atoms with Gasteiger partial charge in [0.1, 0.15) is 0 Å². The van der Waals surface area contributed by atoms with Crippen LogP contribution in [0.4, 0.5) is 4.79 Å². The van der Waals surface area contributed by atoms with E-state index in [2.05, 4.69) is 42.0 Å². The first kappa shape index (κ1) is 17.2. The van der Waals surface area contributed by atoms with Crippen LogP contribution in [0.3, 0.4) is 0 Å². The van der Waals surface area contributed by atoms with Crippen molar-refractivity contribution in [1.29, 1.82) is 0 Å². The van der Waals surface area contributed by atoms with Crippen LogP contribution in [0.2, 0.25) is 0 Å². The lowest BCUT2D eigenvalue weighted by atomic mass is 9.91. The second kappa shape index (κ2) is 7.51. The highest BCUT2D eigenvalue weighted by atomic mass is 16.2. The maximum Gasteiger partial charge on any atom is 0.318 e. The number of aryl methyl sites for hydroxylation is 1. The van der Waals surface area contributed by atoms with Gasteiger partial charge in [0, 0.05) is 38.4 Å². The topological polar surface area (TPSA) is 48.5 Å². The Morgan fingerprint density at radius 1 is 1.25 bits per heavy atom. The van der Waals surface area contributed by atoms with Gasteiger partial charge in [0.15, 0.2) is 0 Å². The van der Waals surface area contributed by atoms with E-state index in [1.807, 2.05) is 11.0 Å². The van der Waals surface area contributed by atoms with Crippen LogP contribution in [0.15, 0.2) is 18.3 Å². The number of hydrogen-bond donors (Lipinski definition) is 1. The van der Waals surface area contributed by atoms with E-state index in [-0.39, 0.29) is 12.1 Å². The predicted octanol–water partition coefficient (Wildman–Crippen LogP) is 2.97. The minimum Gasteiger partial charge on any atom is -0.329 e. The Morgan fingerprint density at radius 3 is 2.50 bits per heavy atom. The Morgan fingerprint density at radius 2 is 1.96 bits per heavy atom. The minimum absolute atomic E-state index is 0.0386. The van der Waals surface area contributed by atoms with Crippen molar-refractivity contribution in [2.24, 2.45) is 5.92 Å². The van der Waals surface area contributed by atoms with Crippen molar-refractivity contribution >= 4 is 6.03 Å². The van der Waals surface area contributed by atoms with Crippen molar-refractivity contribution in [3.05, 3.63) is 29.6 Å². The first-order valence-electron chi connectivity index (χ1n) is 9.27. The van der Waals surface area contributed by atoms with Crippen molar-refractivity contribution < 1.29 is 4.79 Å². The standard InChI is InChI=1S/C19H30N4O/c1-14(2)17(18-15(3)6-5-9-20-18)21-19(24)23-12-10-22(11-13-23)16-7-4-8-16/h5-6,9,14,16-17H,4,7-8,10-13H2,1-3H3,(H,21,24). The molecule has 1 aromatic heterocycles. The smallest absolute Gasteiger partial charge is 0.318 e. The van der Waals surface area contributed by atoms with Gasteiger partial charge in [-0.05, 0) is 37.3 Å². The van der Waals surface area contributed by atoms with Crippen molar-refractivity contribution in [2.45, 2.75) is 52.1 Å². The highest BCUT2D eigenvalue weighted by Crippen LogP contribution is 2.26. The summed E-state index contributed by atoms with van der Waals surface area (Å²) in [6, 6.07) is 4.78. The number of hydrogen-bond acceptors (Lipinski definition) is 3. The third-order valence-electron chi connectivity index (χ3n) is 5.48. The summed E-state index contributed by atoms with van der Waals surface area (Å²) >= 11 is 0. The van der Waals surface area contributed by atoms with Gasteiger partial charge in [-0.2, -0.15) is 0 Å². The van der Waals surface area contributed by atoms with Gasteiger partial charge in [-0.3, -0.25) is 9.88 Å². The van der Waals surface area contributed by atoms with Crippen LogP contribution in [0, 0.1) is 12.8 Å². The average molecular weight is 330 g/mol. The number of amides is 2. The number of carbonyl (C=O) groups is 1. The molecule has 1 aliphatic carbocycles. The lowest BCUT2D eigenvalue weighted by Gasteiger charge is -2.43. The van der Waals surface area contributed by atoms with Gasteiger partial charge >= 0.3 is 6.03 Å². The Kier molecular flexibility index (Phi) is 5.39. The SMILES string of the molecule is Cc1cccnc1C(NC(=O)N1CCN(C2CCC2)CC1)C(C)C. The molecule has 132 valence electrons. The molecule has 1 unspecified atom stereocenters. The quantitative estimate of drug-likeness (QED) is 0.923. The normalized spacial score (nSPS) is 20.8. The van der Waals surface area contributed by atoms with Crippen LogP contribution < -0.4 is 5.32 Å². The molecule has 1 atom stereocenters. The number of piperazine rings is 1. The molecule has 1 saturated carbocycles. The molecule has 5 heteroatoms. The fraction of sp³-hybridized carbons (Fsp3) is 0.684. The van der Waals surface area contributed by atoms with Crippen molar-refractivity contribution in [3.63, 3.8) is 0 Å². The third kappa shape index (κ3) is 3.72. The van der Waals surface area contributed by atoms with Crippen LogP contribution in [-0.4, -0.2) is 53.0 Å². The van der Waals surface area contributed by atoms with Gasteiger partial charge in [0.2, 0.25) is 0 Å². The van der Waals surface area contributed by atoms with E-state index in [4.69, 9.17) is 0 Å². The zero-order valence-corrected chi connectivity index (χ0v) is 15.2. The Bertz CT molecular complexity index is 562. The molecule has 1 saturated heterocycles. The molecule has 5 nitrogen and oxygen atoms in total. The van der Waals surface area contributed by atoms with Crippen LogP contribution in [-0.2, 0) is 0 Å². The van der Waals surface area contributed by atoms with E-state index in [1.165, 1.54) is 19.3 Å². The summed E-state index contributed by atoms with van der Waals surface area (Å²) in [5.74, 6) is 0.304. The van der Waals surface area contributed by atoms with Crippen molar-refractivity contribution in [1.82, 2.24) is 20.1 Å². The van der Waals surface area contributed by atoms with Gasteiger partial charge in [0.25, 0.3) is 0 Å². The molecule has 1 aromatic rings. The van der Waals surface area contributed by atoms with Gasteiger partial charge in [-0.15, -0.1) is 0 Å². The summed E-state index contributed by atoms with van der Waals surface area (Å²) in [5.41, 5.74) is 2.11. The van der Waals surface area contributed by atoms with E-state index in [0.717, 1.165) is 43.5 Å².